The van der Waals surface area contributed by atoms with Gasteiger partial charge in [-0.05, 0) is 24.7 Å². The van der Waals surface area contributed by atoms with Gasteiger partial charge in [0.2, 0.25) is 0 Å². The first kappa shape index (κ1) is 18.9. The Balaban J connectivity index is 1.98. The summed E-state index contributed by atoms with van der Waals surface area (Å²) in [5, 5.41) is 13.6. The van der Waals surface area contributed by atoms with Crippen LogP contribution in [0.1, 0.15) is 56.8 Å². The summed E-state index contributed by atoms with van der Waals surface area (Å²) in [7, 11) is 0. The summed E-state index contributed by atoms with van der Waals surface area (Å²) in [6, 6.07) is 1.76. The van der Waals surface area contributed by atoms with Crippen molar-refractivity contribution in [2.75, 3.05) is 26.2 Å². The van der Waals surface area contributed by atoms with Crippen LogP contribution in [-0.4, -0.2) is 58.3 Å². The van der Waals surface area contributed by atoms with Gasteiger partial charge >= 0.3 is 0 Å². The zero-order chi connectivity index (χ0) is 17.7. The molecule has 6 heteroatoms. The number of carbonyl (C=O) groups is 1. The van der Waals surface area contributed by atoms with Crippen LogP contribution < -0.4 is 0 Å². The topological polar surface area (TPSA) is 69.8 Å². The molecule has 136 valence electrons. The van der Waals surface area contributed by atoms with E-state index in [2.05, 4.69) is 37.8 Å². The van der Waals surface area contributed by atoms with E-state index in [4.69, 9.17) is 4.52 Å². The number of aliphatic hydroxyl groups excluding tert-OH is 1. The Morgan fingerprint density at radius 2 is 1.88 bits per heavy atom. The number of amides is 1. The average Bonchev–Trinajstić information content (AvgIpc) is 2.96. The fraction of sp³-hybridized carbons (Fsp3) is 0.778. The molecule has 2 heterocycles. The molecule has 0 spiro atoms. The number of hydrogen-bond donors (Lipinski definition) is 1. The smallest absolute Gasteiger partial charge is 0.276 e. The predicted octanol–water partition coefficient (Wildman–Crippen LogP) is 2.39. The minimum atomic E-state index is -0.186. The molecule has 0 radical (unpaired) electrons. The van der Waals surface area contributed by atoms with Crippen LogP contribution >= 0.6 is 0 Å². The Labute approximate surface area is 144 Å². The van der Waals surface area contributed by atoms with Crippen molar-refractivity contribution >= 4 is 5.91 Å². The highest BCUT2D eigenvalue weighted by atomic mass is 16.5. The van der Waals surface area contributed by atoms with E-state index in [1.165, 1.54) is 0 Å². The van der Waals surface area contributed by atoms with Gasteiger partial charge in [0.1, 0.15) is 0 Å². The molecule has 1 aromatic rings. The van der Waals surface area contributed by atoms with Crippen molar-refractivity contribution in [3.05, 3.63) is 17.5 Å². The molecule has 0 atom stereocenters. The molecule has 6 nitrogen and oxygen atoms in total. The van der Waals surface area contributed by atoms with Gasteiger partial charge < -0.3 is 14.5 Å². The van der Waals surface area contributed by atoms with E-state index >= 15 is 0 Å². The van der Waals surface area contributed by atoms with E-state index in [9.17, 15) is 9.90 Å². The van der Waals surface area contributed by atoms with Gasteiger partial charge in [-0.15, -0.1) is 0 Å². The summed E-state index contributed by atoms with van der Waals surface area (Å²) in [6.07, 6.45) is 1.39. The Kier molecular flexibility index (Phi) is 6.80. The van der Waals surface area contributed by atoms with Crippen molar-refractivity contribution < 1.29 is 14.4 Å². The summed E-state index contributed by atoms with van der Waals surface area (Å²) in [4.78, 5) is 16.8. The van der Waals surface area contributed by atoms with Gasteiger partial charge in [0.05, 0.1) is 12.6 Å². The quantitative estimate of drug-likeness (QED) is 0.827. The first-order chi connectivity index (χ1) is 11.3. The summed E-state index contributed by atoms with van der Waals surface area (Å²) < 4.78 is 5.37. The molecule has 2 rings (SSSR count). The molecule has 1 N–H and O–H groups in total. The number of nitrogens with zero attached hydrogens (tertiary/aromatic N) is 3. The number of likely N-dealkylation sites (tertiary alicyclic amines) is 1. The Bertz CT molecular complexity index is 509. The summed E-state index contributed by atoms with van der Waals surface area (Å²) >= 11 is 0. The highest BCUT2D eigenvalue weighted by molar-refractivity contribution is 5.92. The van der Waals surface area contributed by atoms with Gasteiger partial charge in [-0.25, -0.2) is 0 Å². The van der Waals surface area contributed by atoms with Crippen molar-refractivity contribution in [1.82, 2.24) is 15.0 Å². The molecule has 0 aliphatic carbocycles. The van der Waals surface area contributed by atoms with Crippen molar-refractivity contribution in [3.63, 3.8) is 0 Å². The maximum Gasteiger partial charge on any atom is 0.276 e. The lowest BCUT2D eigenvalue weighted by molar-refractivity contribution is 0.0701. The molecule has 1 amide bonds. The third kappa shape index (κ3) is 5.60. The molecule has 1 saturated heterocycles. The minimum Gasteiger partial charge on any atom is -0.393 e. The van der Waals surface area contributed by atoms with Gasteiger partial charge in [-0.2, -0.15) is 0 Å². The summed E-state index contributed by atoms with van der Waals surface area (Å²) in [5.41, 5.74) is 0.392. The summed E-state index contributed by atoms with van der Waals surface area (Å²) in [6.45, 7) is 12.2. The van der Waals surface area contributed by atoms with Gasteiger partial charge in [0.15, 0.2) is 11.5 Å². The normalized spacial score (nSPS) is 17.0. The molecular weight excluding hydrogens is 306 g/mol. The molecule has 0 aromatic carbocycles. The van der Waals surface area contributed by atoms with Crippen molar-refractivity contribution in [2.24, 2.45) is 11.8 Å². The van der Waals surface area contributed by atoms with E-state index < -0.39 is 0 Å². The average molecular weight is 337 g/mol. The number of aromatic nitrogens is 1. The largest absolute Gasteiger partial charge is 0.393 e. The lowest BCUT2D eigenvalue weighted by Crippen LogP contribution is -2.37. The van der Waals surface area contributed by atoms with E-state index in [-0.39, 0.29) is 12.0 Å². The Morgan fingerprint density at radius 3 is 2.42 bits per heavy atom. The molecule has 1 aliphatic rings. The van der Waals surface area contributed by atoms with E-state index in [1.807, 2.05) is 4.90 Å². The van der Waals surface area contributed by atoms with E-state index in [0.717, 1.165) is 39.0 Å². The number of aliphatic hydroxyl groups is 1. The molecule has 0 saturated carbocycles. The fourth-order valence-corrected chi connectivity index (χ4v) is 3.07. The first-order valence-corrected chi connectivity index (χ1v) is 9.00. The zero-order valence-electron chi connectivity index (χ0n) is 15.4. The van der Waals surface area contributed by atoms with Gasteiger partial charge in [-0.1, -0.05) is 32.9 Å². The molecule has 1 fully saturated rings. The number of rotatable bonds is 7. The van der Waals surface area contributed by atoms with Crippen LogP contribution in [0.2, 0.25) is 0 Å². The van der Waals surface area contributed by atoms with Crippen LogP contribution in [0.3, 0.4) is 0 Å². The third-order valence-electron chi connectivity index (χ3n) is 4.17. The van der Waals surface area contributed by atoms with Crippen LogP contribution in [0.4, 0.5) is 0 Å². The van der Waals surface area contributed by atoms with Crippen LogP contribution in [0.5, 0.6) is 0 Å². The molecular formula is C18H31N3O3. The van der Waals surface area contributed by atoms with Crippen molar-refractivity contribution in [3.8, 4) is 0 Å². The van der Waals surface area contributed by atoms with E-state index in [0.29, 0.717) is 29.8 Å². The second kappa shape index (κ2) is 8.62. The molecule has 0 bridgehead atoms. The number of carbonyl (C=O) groups excluding carboxylic acids is 1. The first-order valence-electron chi connectivity index (χ1n) is 9.00. The highest BCUT2D eigenvalue weighted by Crippen LogP contribution is 2.16. The lowest BCUT2D eigenvalue weighted by Gasteiger charge is -2.28. The number of piperidine rings is 1. The second-order valence-corrected chi connectivity index (χ2v) is 7.68. The maximum atomic E-state index is 12.7. The third-order valence-corrected chi connectivity index (χ3v) is 4.17. The van der Waals surface area contributed by atoms with E-state index in [1.54, 1.807) is 6.07 Å². The molecule has 0 unspecified atom stereocenters. The Morgan fingerprint density at radius 1 is 1.29 bits per heavy atom. The molecule has 1 aliphatic heterocycles. The van der Waals surface area contributed by atoms with Crippen LogP contribution in [-0.2, 0) is 6.54 Å². The van der Waals surface area contributed by atoms with Gasteiger partial charge in [-0.3, -0.25) is 9.69 Å². The van der Waals surface area contributed by atoms with Crippen LogP contribution in [0.25, 0.3) is 0 Å². The van der Waals surface area contributed by atoms with Crippen LogP contribution in [0, 0.1) is 11.8 Å². The van der Waals surface area contributed by atoms with Gasteiger partial charge in [0.25, 0.3) is 5.91 Å². The minimum absolute atomic E-state index is 0.0542. The zero-order valence-corrected chi connectivity index (χ0v) is 15.4. The standard InChI is InChI=1S/C18H31N3O3/c1-13(2)10-21(11-14(3)4)18(23)17-9-16(24-19-17)12-20-7-5-15(22)6-8-20/h9,13-15,22H,5-8,10-12H2,1-4H3. The summed E-state index contributed by atoms with van der Waals surface area (Å²) in [5.74, 6) is 1.49. The Hall–Kier alpha value is -1.40. The van der Waals surface area contributed by atoms with Gasteiger partial charge in [0, 0.05) is 32.2 Å². The molecule has 24 heavy (non-hydrogen) atoms. The molecule has 1 aromatic heterocycles. The highest BCUT2D eigenvalue weighted by Gasteiger charge is 2.23. The maximum absolute atomic E-state index is 12.7. The monoisotopic (exact) mass is 337 g/mol. The predicted molar refractivity (Wildman–Crippen MR) is 92.6 cm³/mol. The van der Waals surface area contributed by atoms with Crippen molar-refractivity contribution in [1.29, 1.82) is 0 Å². The van der Waals surface area contributed by atoms with Crippen molar-refractivity contribution in [2.45, 2.75) is 53.2 Å². The number of hydrogen-bond acceptors (Lipinski definition) is 5. The lowest BCUT2D eigenvalue weighted by atomic mass is 10.1. The second-order valence-electron chi connectivity index (χ2n) is 7.68. The fourth-order valence-electron chi connectivity index (χ4n) is 3.07. The van der Waals surface area contributed by atoms with Crippen LogP contribution in [0.15, 0.2) is 10.6 Å². The SMILES string of the molecule is CC(C)CN(CC(C)C)C(=O)c1cc(CN2CCC(O)CC2)on1.